The summed E-state index contributed by atoms with van der Waals surface area (Å²) in [4.78, 5) is 0. The molecule has 3 nitrogen and oxygen atoms in total. The lowest BCUT2D eigenvalue weighted by Crippen LogP contribution is -2.13. The van der Waals surface area contributed by atoms with Crippen molar-refractivity contribution in [1.82, 2.24) is 0 Å². The highest BCUT2D eigenvalue weighted by atomic mass is 79.9. The van der Waals surface area contributed by atoms with Gasteiger partial charge in [0.2, 0.25) is 0 Å². The van der Waals surface area contributed by atoms with E-state index in [4.69, 9.17) is 10.00 Å². The molecule has 0 aromatic heterocycles. The van der Waals surface area contributed by atoms with Gasteiger partial charge in [0.1, 0.15) is 11.7 Å². The van der Waals surface area contributed by atoms with Crippen LogP contribution in [0.15, 0.2) is 22.7 Å². The van der Waals surface area contributed by atoms with E-state index < -0.39 is 12.0 Å². The van der Waals surface area contributed by atoms with Crippen LogP contribution >= 0.6 is 15.9 Å². The summed E-state index contributed by atoms with van der Waals surface area (Å²) in [7, 11) is 1.54. The number of ether oxygens (including phenoxy) is 1. The Hall–Kier alpha value is -1.05. The minimum atomic E-state index is -0.724. The molecule has 0 amide bonds. The molecule has 2 atom stereocenters. The van der Waals surface area contributed by atoms with Crippen LogP contribution < -0.4 is 4.74 Å². The van der Waals surface area contributed by atoms with Gasteiger partial charge in [-0.3, -0.25) is 0 Å². The van der Waals surface area contributed by atoms with Crippen molar-refractivity contribution in [2.75, 3.05) is 7.11 Å². The second-order valence-corrected chi connectivity index (χ2v) is 4.15. The van der Waals surface area contributed by atoms with Gasteiger partial charge in [0, 0.05) is 10.0 Å². The third-order valence-corrected chi connectivity index (χ3v) is 2.64. The smallest absolute Gasteiger partial charge is 0.123 e. The first-order valence-corrected chi connectivity index (χ1v) is 5.30. The summed E-state index contributed by atoms with van der Waals surface area (Å²) in [6.45, 7) is 1.59. The predicted octanol–water partition coefficient (Wildman–Crippen LogP) is 2.45. The normalized spacial score (nSPS) is 14.1. The Balaban J connectivity index is 3.21. The molecule has 4 heteroatoms. The number of aliphatic hydroxyl groups excluding tert-OH is 1. The third kappa shape index (κ3) is 2.71. The summed E-state index contributed by atoms with van der Waals surface area (Å²) in [6.07, 6.45) is -0.724. The lowest BCUT2D eigenvalue weighted by Gasteiger charge is -2.16. The van der Waals surface area contributed by atoms with Gasteiger partial charge in [0.25, 0.3) is 0 Å². The lowest BCUT2D eigenvalue weighted by atomic mass is 9.95. The standard InChI is InChI=1S/C11H12BrNO2/c1-7(14)10(6-13)9-5-8(12)3-4-11(9)15-2/h3-5,7,10,14H,1-2H3. The fourth-order valence-electron chi connectivity index (χ4n) is 1.39. The van der Waals surface area contributed by atoms with Crippen molar-refractivity contribution in [3.05, 3.63) is 28.2 Å². The fourth-order valence-corrected chi connectivity index (χ4v) is 1.76. The minimum Gasteiger partial charge on any atom is -0.496 e. The molecule has 0 bridgehead atoms. The van der Waals surface area contributed by atoms with Gasteiger partial charge in [-0.15, -0.1) is 0 Å². The molecule has 0 fully saturated rings. The summed E-state index contributed by atoms with van der Waals surface area (Å²) in [5.74, 6) is 0.0445. The highest BCUT2D eigenvalue weighted by Crippen LogP contribution is 2.31. The Morgan fingerprint density at radius 2 is 2.20 bits per heavy atom. The van der Waals surface area contributed by atoms with Crippen molar-refractivity contribution in [1.29, 1.82) is 5.26 Å². The number of hydrogen-bond acceptors (Lipinski definition) is 3. The van der Waals surface area contributed by atoms with Crippen LogP contribution in [0.4, 0.5) is 0 Å². The molecule has 1 aromatic carbocycles. The van der Waals surface area contributed by atoms with Crippen molar-refractivity contribution in [2.24, 2.45) is 0 Å². The van der Waals surface area contributed by atoms with Crippen LogP contribution in [-0.2, 0) is 0 Å². The minimum absolute atomic E-state index is 0.572. The Kier molecular flexibility index (Phi) is 4.13. The summed E-state index contributed by atoms with van der Waals surface area (Å²) in [5, 5.41) is 18.5. The number of methoxy groups -OCH3 is 1. The number of aliphatic hydroxyl groups is 1. The maximum atomic E-state index is 9.48. The first-order chi connectivity index (χ1) is 7.10. The van der Waals surface area contributed by atoms with Gasteiger partial charge in [-0.1, -0.05) is 15.9 Å². The van der Waals surface area contributed by atoms with E-state index in [0.29, 0.717) is 11.3 Å². The number of nitrogens with zero attached hydrogens (tertiary/aromatic N) is 1. The quantitative estimate of drug-likeness (QED) is 0.917. The van der Waals surface area contributed by atoms with E-state index in [9.17, 15) is 5.11 Å². The van der Waals surface area contributed by atoms with Crippen LogP contribution in [0.1, 0.15) is 18.4 Å². The van der Waals surface area contributed by atoms with Crippen LogP contribution in [0.2, 0.25) is 0 Å². The van der Waals surface area contributed by atoms with Crippen LogP contribution in [-0.4, -0.2) is 18.3 Å². The summed E-state index contributed by atoms with van der Waals surface area (Å²) in [6, 6.07) is 7.46. The largest absolute Gasteiger partial charge is 0.496 e. The maximum Gasteiger partial charge on any atom is 0.123 e. The molecule has 0 aliphatic heterocycles. The van der Waals surface area contributed by atoms with Gasteiger partial charge in [0.05, 0.1) is 19.3 Å². The summed E-state index contributed by atoms with van der Waals surface area (Å²) in [5.41, 5.74) is 0.698. The Morgan fingerprint density at radius 1 is 1.53 bits per heavy atom. The Morgan fingerprint density at radius 3 is 2.67 bits per heavy atom. The molecule has 0 spiro atoms. The predicted molar refractivity (Wildman–Crippen MR) is 60.7 cm³/mol. The molecule has 0 aliphatic carbocycles. The Bertz CT molecular complexity index is 385. The lowest BCUT2D eigenvalue weighted by molar-refractivity contribution is 0.180. The number of halogens is 1. The van der Waals surface area contributed by atoms with Gasteiger partial charge in [-0.2, -0.15) is 5.26 Å². The van der Waals surface area contributed by atoms with Crippen molar-refractivity contribution >= 4 is 15.9 Å². The number of hydrogen-bond donors (Lipinski definition) is 1. The summed E-state index contributed by atoms with van der Waals surface area (Å²) >= 11 is 3.33. The number of benzene rings is 1. The van der Waals surface area contributed by atoms with E-state index in [-0.39, 0.29) is 0 Å². The number of rotatable bonds is 3. The molecule has 0 saturated carbocycles. The van der Waals surface area contributed by atoms with Crippen molar-refractivity contribution < 1.29 is 9.84 Å². The second-order valence-electron chi connectivity index (χ2n) is 3.23. The van der Waals surface area contributed by atoms with Gasteiger partial charge in [-0.05, 0) is 25.1 Å². The maximum absolute atomic E-state index is 9.48. The second kappa shape index (κ2) is 5.15. The molecular formula is C11H12BrNO2. The van der Waals surface area contributed by atoms with Gasteiger partial charge < -0.3 is 9.84 Å². The zero-order chi connectivity index (χ0) is 11.4. The van der Waals surface area contributed by atoms with Crippen LogP contribution in [0, 0.1) is 11.3 Å². The molecular weight excluding hydrogens is 258 g/mol. The molecule has 1 rings (SSSR count). The van der Waals surface area contributed by atoms with Crippen LogP contribution in [0.5, 0.6) is 5.75 Å². The van der Waals surface area contributed by atoms with E-state index in [2.05, 4.69) is 22.0 Å². The van der Waals surface area contributed by atoms with Crippen molar-refractivity contribution in [2.45, 2.75) is 18.9 Å². The number of nitriles is 1. The van der Waals surface area contributed by atoms with E-state index in [1.165, 1.54) is 0 Å². The van der Waals surface area contributed by atoms with E-state index >= 15 is 0 Å². The molecule has 1 N–H and O–H groups in total. The molecule has 80 valence electrons. The SMILES string of the molecule is COc1ccc(Br)cc1C(C#N)C(C)O. The van der Waals surface area contributed by atoms with Crippen LogP contribution in [0.25, 0.3) is 0 Å². The Labute approximate surface area is 97.4 Å². The van der Waals surface area contributed by atoms with Gasteiger partial charge in [0.15, 0.2) is 0 Å². The van der Waals surface area contributed by atoms with Crippen molar-refractivity contribution in [3.63, 3.8) is 0 Å². The third-order valence-electron chi connectivity index (χ3n) is 2.15. The van der Waals surface area contributed by atoms with Crippen molar-refractivity contribution in [3.8, 4) is 11.8 Å². The molecule has 0 heterocycles. The highest BCUT2D eigenvalue weighted by Gasteiger charge is 2.20. The van der Waals surface area contributed by atoms with E-state index in [1.807, 2.05) is 6.07 Å². The fraction of sp³-hybridized carbons (Fsp3) is 0.364. The molecule has 0 saturated heterocycles. The molecule has 2 unspecified atom stereocenters. The van der Waals surface area contributed by atoms with E-state index in [1.54, 1.807) is 26.2 Å². The first kappa shape index (κ1) is 12.0. The zero-order valence-electron chi connectivity index (χ0n) is 8.57. The first-order valence-electron chi connectivity index (χ1n) is 4.51. The topological polar surface area (TPSA) is 53.2 Å². The molecule has 1 aromatic rings. The molecule has 0 aliphatic rings. The average molecular weight is 270 g/mol. The van der Waals surface area contributed by atoms with E-state index in [0.717, 1.165) is 4.47 Å². The monoisotopic (exact) mass is 269 g/mol. The molecule has 15 heavy (non-hydrogen) atoms. The highest BCUT2D eigenvalue weighted by molar-refractivity contribution is 9.10. The van der Waals surface area contributed by atoms with Gasteiger partial charge in [-0.25, -0.2) is 0 Å². The summed E-state index contributed by atoms with van der Waals surface area (Å²) < 4.78 is 6.01. The zero-order valence-corrected chi connectivity index (χ0v) is 10.2. The molecule has 0 radical (unpaired) electrons. The van der Waals surface area contributed by atoms with Gasteiger partial charge >= 0.3 is 0 Å². The average Bonchev–Trinajstić information content (AvgIpc) is 2.18. The van der Waals surface area contributed by atoms with Crippen LogP contribution in [0.3, 0.4) is 0 Å².